The van der Waals surface area contributed by atoms with E-state index < -0.39 is 0 Å². The normalized spacial score (nSPS) is 13.7. The van der Waals surface area contributed by atoms with Crippen molar-refractivity contribution in [3.63, 3.8) is 0 Å². The zero-order valence-corrected chi connectivity index (χ0v) is 6.09. The molecule has 0 bridgehead atoms. The van der Waals surface area contributed by atoms with Crippen molar-refractivity contribution in [1.82, 2.24) is 0 Å². The van der Waals surface area contributed by atoms with E-state index in [0.29, 0.717) is 6.47 Å². The van der Waals surface area contributed by atoms with Gasteiger partial charge >= 0.3 is 0 Å². The first-order valence-corrected chi connectivity index (χ1v) is 3.36. The van der Waals surface area contributed by atoms with Crippen LogP contribution >= 0.6 is 0 Å². The molecule has 0 aromatic carbocycles. The van der Waals surface area contributed by atoms with E-state index >= 15 is 0 Å². The Kier molecular flexibility index (Phi) is 5.27. The highest BCUT2D eigenvalue weighted by Crippen LogP contribution is 2.14. The second-order valence-electron chi connectivity index (χ2n) is 2.34. The third-order valence-electron chi connectivity index (χ3n) is 0.681. The molecular weight excluding hydrogens is 116 g/mol. The third-order valence-corrected chi connectivity index (χ3v) is 0.681. The maximum absolute atomic E-state index is 9.39. The molecule has 1 saturated carbocycles. The molecule has 0 aromatic rings. The minimum atomic E-state index is 0.0301. The van der Waals surface area contributed by atoms with Crippen LogP contribution in [0.4, 0.5) is 0 Å². The summed E-state index contributed by atoms with van der Waals surface area (Å²) in [5, 5.41) is 0. The summed E-state index contributed by atoms with van der Waals surface area (Å²) in [5.74, 6) is 0. The zero-order valence-electron chi connectivity index (χ0n) is 6.09. The predicted molar refractivity (Wildman–Crippen MR) is 36.1 cm³/mol. The summed E-state index contributed by atoms with van der Waals surface area (Å²) in [5.41, 5.74) is 0. The van der Waals surface area contributed by atoms with Crippen molar-refractivity contribution >= 4 is 6.47 Å². The predicted octanol–water partition coefficient (Wildman–Crippen LogP) is 1.74. The van der Waals surface area contributed by atoms with Gasteiger partial charge in [0.2, 0.25) is 0 Å². The third kappa shape index (κ3) is 18.6. The second kappa shape index (κ2) is 5.60. The standard InChI is InChI=1S/C4H8O2.C3H6/c1-4(2)6-3-5;1-2-3-1/h3-4H,1-2H3;1-3H2. The molecule has 1 aliphatic rings. The van der Waals surface area contributed by atoms with Crippen LogP contribution in [0.3, 0.4) is 0 Å². The highest BCUT2D eigenvalue weighted by atomic mass is 16.5. The molecule has 1 fully saturated rings. The largest absolute Gasteiger partial charge is 0.465 e. The van der Waals surface area contributed by atoms with Gasteiger partial charge in [0.1, 0.15) is 0 Å². The summed E-state index contributed by atoms with van der Waals surface area (Å²) in [6, 6.07) is 0. The van der Waals surface area contributed by atoms with E-state index in [1.165, 1.54) is 19.3 Å². The number of hydrogen-bond donors (Lipinski definition) is 0. The Morgan fingerprint density at radius 2 is 1.78 bits per heavy atom. The van der Waals surface area contributed by atoms with Crippen LogP contribution in [0.5, 0.6) is 0 Å². The number of hydrogen-bond acceptors (Lipinski definition) is 2. The van der Waals surface area contributed by atoms with E-state index in [1.807, 2.05) is 0 Å². The number of ether oxygens (including phenoxy) is 1. The fourth-order valence-electron chi connectivity index (χ4n) is 0.111. The van der Waals surface area contributed by atoms with E-state index in [-0.39, 0.29) is 6.10 Å². The van der Waals surface area contributed by atoms with Gasteiger partial charge in [-0.25, -0.2) is 0 Å². The van der Waals surface area contributed by atoms with E-state index in [4.69, 9.17) is 0 Å². The Bertz CT molecular complexity index is 64.6. The van der Waals surface area contributed by atoms with Gasteiger partial charge in [0.05, 0.1) is 6.10 Å². The maximum Gasteiger partial charge on any atom is 0.293 e. The van der Waals surface area contributed by atoms with Crippen molar-refractivity contribution in [2.75, 3.05) is 0 Å². The van der Waals surface area contributed by atoms with Gasteiger partial charge in [0, 0.05) is 0 Å². The summed E-state index contributed by atoms with van der Waals surface area (Å²) in [6.45, 7) is 4.05. The minimum Gasteiger partial charge on any atom is -0.465 e. The molecule has 0 atom stereocenters. The van der Waals surface area contributed by atoms with Gasteiger partial charge in [-0.15, -0.1) is 0 Å². The fraction of sp³-hybridized carbons (Fsp3) is 0.857. The lowest BCUT2D eigenvalue weighted by atomic mass is 10.5. The van der Waals surface area contributed by atoms with Crippen molar-refractivity contribution in [2.45, 2.75) is 39.2 Å². The van der Waals surface area contributed by atoms with Gasteiger partial charge in [0.25, 0.3) is 6.47 Å². The molecule has 1 aliphatic carbocycles. The van der Waals surface area contributed by atoms with Crippen LogP contribution in [0, 0.1) is 0 Å². The molecule has 0 unspecified atom stereocenters. The van der Waals surface area contributed by atoms with Crippen molar-refractivity contribution < 1.29 is 9.53 Å². The molecule has 2 heteroatoms. The number of carbonyl (C=O) groups excluding carboxylic acids is 1. The van der Waals surface area contributed by atoms with E-state index in [1.54, 1.807) is 13.8 Å². The molecule has 0 N–H and O–H groups in total. The van der Waals surface area contributed by atoms with Crippen LogP contribution in [0.15, 0.2) is 0 Å². The molecule has 0 aromatic heterocycles. The summed E-state index contributed by atoms with van der Waals surface area (Å²) < 4.78 is 4.36. The lowest BCUT2D eigenvalue weighted by Gasteiger charge is -1.96. The molecule has 0 saturated heterocycles. The highest BCUT2D eigenvalue weighted by molar-refractivity contribution is 5.37. The molecule has 1 rings (SSSR count). The number of rotatable bonds is 2. The molecule has 2 nitrogen and oxygen atoms in total. The van der Waals surface area contributed by atoms with Crippen LogP contribution in [-0.4, -0.2) is 12.6 Å². The van der Waals surface area contributed by atoms with E-state index in [2.05, 4.69) is 4.74 Å². The van der Waals surface area contributed by atoms with Gasteiger partial charge < -0.3 is 4.74 Å². The van der Waals surface area contributed by atoms with Crippen LogP contribution in [0.1, 0.15) is 33.1 Å². The lowest BCUT2D eigenvalue weighted by Crippen LogP contribution is -1.98. The first kappa shape index (κ1) is 8.47. The van der Waals surface area contributed by atoms with Gasteiger partial charge in [0.15, 0.2) is 0 Å². The molecule has 0 spiro atoms. The van der Waals surface area contributed by atoms with E-state index in [0.717, 1.165) is 0 Å². The summed E-state index contributed by atoms with van der Waals surface area (Å²) in [6.07, 6.45) is 4.53. The van der Waals surface area contributed by atoms with Gasteiger partial charge in [-0.1, -0.05) is 19.3 Å². The van der Waals surface area contributed by atoms with Crippen LogP contribution in [0.25, 0.3) is 0 Å². The molecule has 9 heavy (non-hydrogen) atoms. The van der Waals surface area contributed by atoms with Crippen LogP contribution in [-0.2, 0) is 9.53 Å². The molecule has 54 valence electrons. The quantitative estimate of drug-likeness (QED) is 0.532. The Hall–Kier alpha value is -0.530. The Labute approximate surface area is 56.2 Å². The maximum atomic E-state index is 9.39. The topological polar surface area (TPSA) is 26.3 Å². The monoisotopic (exact) mass is 130 g/mol. The molecule has 0 amide bonds. The average Bonchev–Trinajstić information content (AvgIpc) is 2.45. The summed E-state index contributed by atoms with van der Waals surface area (Å²) >= 11 is 0. The smallest absolute Gasteiger partial charge is 0.293 e. The van der Waals surface area contributed by atoms with Gasteiger partial charge in [-0.05, 0) is 13.8 Å². The Morgan fingerprint density at radius 3 is 1.78 bits per heavy atom. The van der Waals surface area contributed by atoms with E-state index in [9.17, 15) is 4.79 Å². The zero-order chi connectivity index (χ0) is 7.11. The molecule has 0 aliphatic heterocycles. The fourth-order valence-corrected chi connectivity index (χ4v) is 0.111. The number of carbonyl (C=O) groups is 1. The molecular formula is C7H14O2. The van der Waals surface area contributed by atoms with Crippen molar-refractivity contribution in [2.24, 2.45) is 0 Å². The van der Waals surface area contributed by atoms with Crippen LogP contribution in [0.2, 0.25) is 0 Å². The minimum absolute atomic E-state index is 0.0301. The Morgan fingerprint density at radius 1 is 1.33 bits per heavy atom. The first-order valence-electron chi connectivity index (χ1n) is 3.36. The van der Waals surface area contributed by atoms with Gasteiger partial charge in [-0.2, -0.15) is 0 Å². The Balaban J connectivity index is 0.000000173. The van der Waals surface area contributed by atoms with Crippen molar-refractivity contribution in [3.8, 4) is 0 Å². The average molecular weight is 130 g/mol. The van der Waals surface area contributed by atoms with Crippen molar-refractivity contribution in [3.05, 3.63) is 0 Å². The van der Waals surface area contributed by atoms with Gasteiger partial charge in [-0.3, -0.25) is 4.79 Å². The highest BCUT2D eigenvalue weighted by Gasteiger charge is 1.95. The second-order valence-corrected chi connectivity index (χ2v) is 2.34. The molecule has 0 radical (unpaired) electrons. The molecule has 0 heterocycles. The SMILES string of the molecule is C1CC1.CC(C)OC=O. The van der Waals surface area contributed by atoms with Crippen LogP contribution < -0.4 is 0 Å². The summed E-state index contributed by atoms with van der Waals surface area (Å²) in [4.78, 5) is 9.39. The first-order chi connectivity index (χ1) is 4.27. The van der Waals surface area contributed by atoms with Crippen molar-refractivity contribution in [1.29, 1.82) is 0 Å². The lowest BCUT2D eigenvalue weighted by molar-refractivity contribution is -0.131. The summed E-state index contributed by atoms with van der Waals surface area (Å²) in [7, 11) is 0.